The first-order chi connectivity index (χ1) is 13.6. The molecule has 7 heteroatoms. The predicted molar refractivity (Wildman–Crippen MR) is 107 cm³/mol. The van der Waals surface area contributed by atoms with Crippen molar-refractivity contribution in [3.8, 4) is 17.2 Å². The number of ether oxygens (including phenoxy) is 2. The minimum absolute atomic E-state index is 0.0267. The molecule has 7 nitrogen and oxygen atoms in total. The lowest BCUT2D eigenvalue weighted by atomic mass is 10.1. The lowest BCUT2D eigenvalue weighted by Crippen LogP contribution is -2.03. The van der Waals surface area contributed by atoms with E-state index in [-0.39, 0.29) is 6.10 Å². The molecule has 1 unspecified atom stereocenters. The summed E-state index contributed by atoms with van der Waals surface area (Å²) in [5.41, 5.74) is 17.4. The van der Waals surface area contributed by atoms with E-state index in [4.69, 9.17) is 20.9 Å². The van der Waals surface area contributed by atoms with Gasteiger partial charge in [0.05, 0.1) is 18.4 Å². The third-order valence-corrected chi connectivity index (χ3v) is 5.00. The smallest absolute Gasteiger partial charge is 0.151 e. The highest BCUT2D eigenvalue weighted by Gasteiger charge is 2.30. The first-order valence-electron chi connectivity index (χ1n) is 9.01. The first kappa shape index (κ1) is 16.6. The molecule has 0 saturated carbocycles. The predicted octanol–water partition coefficient (Wildman–Crippen LogP) is 3.97. The van der Waals surface area contributed by atoms with Crippen molar-refractivity contribution in [2.24, 2.45) is 0 Å². The molecule has 4 aromatic rings. The number of nitrogen functional groups attached to an aromatic ring is 2. The number of nitrogens with two attached hydrogens (primary N) is 2. The maximum atomic E-state index is 6.20. The molecular weight excluding hydrogens is 354 g/mol. The van der Waals surface area contributed by atoms with Gasteiger partial charge in [0.1, 0.15) is 28.9 Å². The van der Waals surface area contributed by atoms with Gasteiger partial charge in [-0.25, -0.2) is 9.97 Å². The van der Waals surface area contributed by atoms with Crippen LogP contribution in [0.2, 0.25) is 0 Å². The fourth-order valence-corrected chi connectivity index (χ4v) is 3.68. The van der Waals surface area contributed by atoms with Crippen molar-refractivity contribution >= 4 is 22.5 Å². The van der Waals surface area contributed by atoms with Crippen LogP contribution in [0.25, 0.3) is 16.7 Å². The largest absolute Gasteiger partial charge is 0.457 e. The number of aromatic nitrogens is 3. The summed E-state index contributed by atoms with van der Waals surface area (Å²) in [5, 5.41) is 0. The Morgan fingerprint density at radius 1 is 1.00 bits per heavy atom. The maximum absolute atomic E-state index is 6.20. The fourth-order valence-electron chi connectivity index (χ4n) is 3.68. The number of anilines is 2. The Balaban J connectivity index is 1.57. The molecule has 0 radical (unpaired) electrons. The molecule has 140 valence electrons. The third-order valence-electron chi connectivity index (χ3n) is 5.00. The van der Waals surface area contributed by atoms with Gasteiger partial charge in [0, 0.05) is 16.9 Å². The van der Waals surface area contributed by atoms with Gasteiger partial charge in [-0.15, -0.1) is 0 Å². The molecule has 2 aromatic heterocycles. The second-order valence-corrected chi connectivity index (χ2v) is 6.77. The van der Waals surface area contributed by atoms with Crippen LogP contribution in [0.3, 0.4) is 0 Å². The van der Waals surface area contributed by atoms with Crippen LogP contribution in [-0.4, -0.2) is 14.5 Å². The molecule has 0 spiro atoms. The van der Waals surface area contributed by atoms with Crippen molar-refractivity contribution in [2.75, 3.05) is 11.5 Å². The van der Waals surface area contributed by atoms with E-state index in [0.29, 0.717) is 18.1 Å². The molecular formula is C21H19N5O2. The summed E-state index contributed by atoms with van der Waals surface area (Å²) >= 11 is 0. The van der Waals surface area contributed by atoms with Gasteiger partial charge in [-0.3, -0.25) is 0 Å². The van der Waals surface area contributed by atoms with E-state index >= 15 is 0 Å². The van der Waals surface area contributed by atoms with Crippen LogP contribution in [-0.2, 0) is 11.3 Å². The Kier molecular flexibility index (Phi) is 3.70. The highest BCUT2D eigenvalue weighted by molar-refractivity contribution is 5.91. The second kappa shape index (κ2) is 6.24. The summed E-state index contributed by atoms with van der Waals surface area (Å²) in [6, 6.07) is 15.1. The van der Waals surface area contributed by atoms with E-state index in [1.807, 2.05) is 55.5 Å². The molecule has 0 saturated heterocycles. The number of hydrogen-bond acceptors (Lipinski definition) is 6. The number of hydrogen-bond donors (Lipinski definition) is 2. The van der Waals surface area contributed by atoms with Crippen LogP contribution in [0, 0.1) is 0 Å². The van der Waals surface area contributed by atoms with Gasteiger partial charge in [0.25, 0.3) is 0 Å². The zero-order valence-electron chi connectivity index (χ0n) is 15.3. The molecule has 5 rings (SSSR count). The van der Waals surface area contributed by atoms with Gasteiger partial charge < -0.3 is 25.5 Å². The van der Waals surface area contributed by atoms with Crippen LogP contribution in [0.5, 0.6) is 11.5 Å². The van der Waals surface area contributed by atoms with Gasteiger partial charge in [-0.1, -0.05) is 0 Å². The summed E-state index contributed by atoms with van der Waals surface area (Å²) in [4.78, 5) is 8.65. The minimum atomic E-state index is -0.0267. The van der Waals surface area contributed by atoms with Crippen LogP contribution >= 0.6 is 0 Å². The molecule has 2 aromatic carbocycles. The summed E-state index contributed by atoms with van der Waals surface area (Å²) in [6.45, 7) is 2.54. The Morgan fingerprint density at radius 3 is 2.39 bits per heavy atom. The maximum Gasteiger partial charge on any atom is 0.151 e. The Hall–Kier alpha value is -3.58. The Labute approximate surface area is 161 Å². The Bertz CT molecular complexity index is 1170. The summed E-state index contributed by atoms with van der Waals surface area (Å²) in [7, 11) is 0. The van der Waals surface area contributed by atoms with Crippen molar-refractivity contribution in [2.45, 2.75) is 19.6 Å². The first-order valence-corrected chi connectivity index (χ1v) is 9.01. The van der Waals surface area contributed by atoms with Crippen molar-refractivity contribution in [3.05, 3.63) is 66.1 Å². The zero-order chi connectivity index (χ0) is 19.3. The van der Waals surface area contributed by atoms with E-state index < -0.39 is 0 Å². The van der Waals surface area contributed by atoms with Crippen molar-refractivity contribution in [1.82, 2.24) is 14.5 Å². The zero-order valence-corrected chi connectivity index (χ0v) is 15.3. The lowest BCUT2D eigenvalue weighted by Gasteiger charge is -2.12. The average Bonchev–Trinajstić information content (AvgIpc) is 3.23. The van der Waals surface area contributed by atoms with Crippen LogP contribution in [0.4, 0.5) is 11.5 Å². The summed E-state index contributed by atoms with van der Waals surface area (Å²) < 4.78 is 13.8. The van der Waals surface area contributed by atoms with E-state index in [0.717, 1.165) is 39.5 Å². The average molecular weight is 373 g/mol. The third kappa shape index (κ3) is 2.56. The molecule has 0 fully saturated rings. The van der Waals surface area contributed by atoms with Gasteiger partial charge >= 0.3 is 0 Å². The van der Waals surface area contributed by atoms with Gasteiger partial charge in [-0.05, 0) is 55.5 Å². The molecule has 1 aliphatic heterocycles. The molecule has 28 heavy (non-hydrogen) atoms. The molecule has 0 aliphatic carbocycles. The van der Waals surface area contributed by atoms with E-state index in [2.05, 4.69) is 14.5 Å². The fraction of sp³-hybridized carbons (Fsp3) is 0.143. The molecule has 3 heterocycles. The quantitative estimate of drug-likeness (QED) is 0.527. The van der Waals surface area contributed by atoms with Gasteiger partial charge in [-0.2, -0.15) is 0 Å². The molecule has 1 aliphatic rings. The highest BCUT2D eigenvalue weighted by atomic mass is 16.5. The molecule has 1 atom stereocenters. The minimum Gasteiger partial charge on any atom is -0.457 e. The van der Waals surface area contributed by atoms with E-state index in [1.165, 1.54) is 6.33 Å². The number of benzene rings is 2. The SMILES string of the molecule is CC1OCc2c1c1ncnc(N)c1n2-c1ccc(Oc2ccc(N)cc2)cc1. The van der Waals surface area contributed by atoms with E-state index in [1.54, 1.807) is 0 Å². The van der Waals surface area contributed by atoms with Gasteiger partial charge in [0.15, 0.2) is 5.82 Å². The van der Waals surface area contributed by atoms with Crippen molar-refractivity contribution in [3.63, 3.8) is 0 Å². The summed E-state index contributed by atoms with van der Waals surface area (Å²) in [6.07, 6.45) is 1.47. The van der Waals surface area contributed by atoms with Crippen LogP contribution in [0.15, 0.2) is 54.9 Å². The number of fused-ring (bicyclic) bond motifs is 3. The van der Waals surface area contributed by atoms with Crippen molar-refractivity contribution in [1.29, 1.82) is 0 Å². The number of rotatable bonds is 3. The normalized spacial score (nSPS) is 15.7. The molecule has 0 bridgehead atoms. The van der Waals surface area contributed by atoms with Crippen molar-refractivity contribution < 1.29 is 9.47 Å². The standard InChI is InChI=1S/C21H19N5O2/c1-12-18-17(10-27-12)26(20-19(18)24-11-25-21(20)23)14-4-8-16(9-5-14)28-15-6-2-13(22)3-7-15/h2-9,11-12H,10,22H2,1H3,(H2,23,24,25). The topological polar surface area (TPSA) is 101 Å². The number of nitrogens with zero attached hydrogens (tertiary/aromatic N) is 3. The molecule has 4 N–H and O–H groups in total. The Morgan fingerprint density at radius 2 is 1.68 bits per heavy atom. The molecule has 0 amide bonds. The highest BCUT2D eigenvalue weighted by Crippen LogP contribution is 2.40. The van der Waals surface area contributed by atoms with E-state index in [9.17, 15) is 0 Å². The van der Waals surface area contributed by atoms with Crippen LogP contribution in [0.1, 0.15) is 24.3 Å². The monoisotopic (exact) mass is 373 g/mol. The summed E-state index contributed by atoms with van der Waals surface area (Å²) in [5.74, 6) is 1.92. The second-order valence-electron chi connectivity index (χ2n) is 6.77. The van der Waals surface area contributed by atoms with Gasteiger partial charge in [0.2, 0.25) is 0 Å². The lowest BCUT2D eigenvalue weighted by molar-refractivity contribution is 0.0783. The van der Waals surface area contributed by atoms with Crippen LogP contribution < -0.4 is 16.2 Å².